The predicted molar refractivity (Wildman–Crippen MR) is 64.5 cm³/mol. The SMILES string of the molecule is CC(C)(C)C(Cl)CCc1cnc(C(F)(F)F)s1. The highest BCUT2D eigenvalue weighted by atomic mass is 35.5. The van der Waals surface area contributed by atoms with E-state index in [1.807, 2.05) is 20.8 Å². The van der Waals surface area contributed by atoms with Gasteiger partial charge in [0.05, 0.1) is 0 Å². The molecule has 1 atom stereocenters. The lowest BCUT2D eigenvalue weighted by Gasteiger charge is -2.24. The summed E-state index contributed by atoms with van der Waals surface area (Å²) in [6, 6.07) is 0. The molecular formula is C11H15ClF3NS. The summed E-state index contributed by atoms with van der Waals surface area (Å²) < 4.78 is 36.9. The van der Waals surface area contributed by atoms with Crippen LogP contribution in [-0.4, -0.2) is 10.4 Å². The summed E-state index contributed by atoms with van der Waals surface area (Å²) in [6.07, 6.45) is -1.85. The highest BCUT2D eigenvalue weighted by Crippen LogP contribution is 2.34. The fourth-order valence-electron chi connectivity index (χ4n) is 1.26. The Kier molecular flexibility index (Phi) is 4.47. The third-order valence-electron chi connectivity index (χ3n) is 2.38. The van der Waals surface area contributed by atoms with Crippen molar-refractivity contribution in [1.82, 2.24) is 4.98 Å². The summed E-state index contributed by atoms with van der Waals surface area (Å²) in [5.74, 6) is 0. The van der Waals surface area contributed by atoms with Crippen LogP contribution in [0.4, 0.5) is 13.2 Å². The number of alkyl halides is 4. The van der Waals surface area contributed by atoms with Gasteiger partial charge in [-0.2, -0.15) is 13.2 Å². The number of halogens is 4. The summed E-state index contributed by atoms with van der Waals surface area (Å²) >= 11 is 6.86. The lowest BCUT2D eigenvalue weighted by atomic mass is 9.89. The molecule has 0 aromatic carbocycles. The van der Waals surface area contributed by atoms with Gasteiger partial charge in [-0.1, -0.05) is 20.8 Å². The number of hydrogen-bond donors (Lipinski definition) is 0. The molecule has 1 unspecified atom stereocenters. The molecule has 98 valence electrons. The van der Waals surface area contributed by atoms with E-state index in [2.05, 4.69) is 4.98 Å². The van der Waals surface area contributed by atoms with Gasteiger partial charge in [-0.05, 0) is 18.3 Å². The second-order valence-corrected chi connectivity index (χ2v) is 6.64. The average Bonchev–Trinajstić information content (AvgIpc) is 2.59. The van der Waals surface area contributed by atoms with Crippen LogP contribution in [-0.2, 0) is 12.6 Å². The van der Waals surface area contributed by atoms with Crippen LogP contribution in [0.1, 0.15) is 37.1 Å². The minimum Gasteiger partial charge on any atom is -0.240 e. The van der Waals surface area contributed by atoms with Gasteiger partial charge in [0.15, 0.2) is 5.01 Å². The smallest absolute Gasteiger partial charge is 0.240 e. The van der Waals surface area contributed by atoms with Crippen LogP contribution >= 0.6 is 22.9 Å². The second kappa shape index (κ2) is 5.14. The van der Waals surface area contributed by atoms with E-state index in [9.17, 15) is 13.2 Å². The van der Waals surface area contributed by atoms with E-state index in [4.69, 9.17) is 11.6 Å². The van der Waals surface area contributed by atoms with Crippen molar-refractivity contribution in [1.29, 1.82) is 0 Å². The quantitative estimate of drug-likeness (QED) is 0.731. The Morgan fingerprint density at radius 2 is 1.94 bits per heavy atom. The first-order chi connectivity index (χ1) is 7.60. The molecule has 0 N–H and O–H groups in total. The van der Waals surface area contributed by atoms with E-state index in [1.165, 1.54) is 6.20 Å². The predicted octanol–water partition coefficient (Wildman–Crippen LogP) is 4.75. The van der Waals surface area contributed by atoms with Gasteiger partial charge in [-0.15, -0.1) is 22.9 Å². The lowest BCUT2D eigenvalue weighted by Crippen LogP contribution is -2.21. The van der Waals surface area contributed by atoms with Gasteiger partial charge in [0.25, 0.3) is 0 Å². The van der Waals surface area contributed by atoms with Gasteiger partial charge in [-0.25, -0.2) is 4.98 Å². The van der Waals surface area contributed by atoms with Crippen molar-refractivity contribution in [3.8, 4) is 0 Å². The van der Waals surface area contributed by atoms with E-state index < -0.39 is 11.2 Å². The van der Waals surface area contributed by atoms with E-state index >= 15 is 0 Å². The highest BCUT2D eigenvalue weighted by molar-refractivity contribution is 7.11. The third kappa shape index (κ3) is 4.47. The fraction of sp³-hybridized carbons (Fsp3) is 0.727. The van der Waals surface area contributed by atoms with Crippen molar-refractivity contribution < 1.29 is 13.2 Å². The maximum Gasteiger partial charge on any atom is 0.443 e. The Hall–Kier alpha value is -0.290. The summed E-state index contributed by atoms with van der Waals surface area (Å²) in [5, 5.41) is -0.840. The van der Waals surface area contributed by atoms with Crippen molar-refractivity contribution in [2.75, 3.05) is 0 Å². The van der Waals surface area contributed by atoms with Crippen LogP contribution in [0.3, 0.4) is 0 Å². The molecule has 0 amide bonds. The molecule has 0 saturated carbocycles. The molecule has 0 radical (unpaired) electrons. The molecule has 1 aromatic heterocycles. The average molecular weight is 286 g/mol. The van der Waals surface area contributed by atoms with E-state index in [0.717, 1.165) is 0 Å². The number of hydrogen-bond acceptors (Lipinski definition) is 2. The number of aromatic nitrogens is 1. The Labute approximate surface area is 108 Å². The molecule has 0 spiro atoms. The first-order valence-electron chi connectivity index (χ1n) is 5.26. The molecular weight excluding hydrogens is 271 g/mol. The standard InChI is InChI=1S/C11H15ClF3NS/c1-10(2,3)8(12)5-4-7-6-16-9(17-7)11(13,14)15/h6,8H,4-5H2,1-3H3. The third-order valence-corrected chi connectivity index (χ3v) is 4.35. The van der Waals surface area contributed by atoms with E-state index in [-0.39, 0.29) is 10.8 Å². The van der Waals surface area contributed by atoms with Crippen molar-refractivity contribution >= 4 is 22.9 Å². The van der Waals surface area contributed by atoms with Crippen molar-refractivity contribution in [3.63, 3.8) is 0 Å². The fourth-order valence-corrected chi connectivity index (χ4v) is 2.16. The first-order valence-corrected chi connectivity index (χ1v) is 6.52. The van der Waals surface area contributed by atoms with Gasteiger partial charge in [0, 0.05) is 16.5 Å². The zero-order valence-electron chi connectivity index (χ0n) is 9.94. The lowest BCUT2D eigenvalue weighted by molar-refractivity contribution is -0.137. The summed E-state index contributed by atoms with van der Waals surface area (Å²) in [5.41, 5.74) is -0.0426. The van der Waals surface area contributed by atoms with Crippen molar-refractivity contribution in [3.05, 3.63) is 16.1 Å². The van der Waals surface area contributed by atoms with Crippen LogP contribution in [0.2, 0.25) is 0 Å². The van der Waals surface area contributed by atoms with Crippen molar-refractivity contribution in [2.45, 2.75) is 45.2 Å². The molecule has 0 saturated heterocycles. The molecule has 1 nitrogen and oxygen atoms in total. The first kappa shape index (κ1) is 14.8. The van der Waals surface area contributed by atoms with E-state index in [1.54, 1.807) is 0 Å². The number of rotatable bonds is 3. The van der Waals surface area contributed by atoms with Gasteiger partial charge < -0.3 is 0 Å². The molecule has 6 heteroatoms. The topological polar surface area (TPSA) is 12.9 Å². The Bertz CT molecular complexity index is 368. The Morgan fingerprint density at radius 3 is 2.35 bits per heavy atom. The number of thiazole rings is 1. The molecule has 0 aliphatic carbocycles. The highest BCUT2D eigenvalue weighted by Gasteiger charge is 2.34. The zero-order valence-corrected chi connectivity index (χ0v) is 11.5. The largest absolute Gasteiger partial charge is 0.443 e. The monoisotopic (exact) mass is 285 g/mol. The number of aryl methyl sites for hydroxylation is 1. The Balaban J connectivity index is 2.57. The van der Waals surface area contributed by atoms with Gasteiger partial charge in [0.1, 0.15) is 0 Å². The van der Waals surface area contributed by atoms with E-state index in [0.29, 0.717) is 29.1 Å². The zero-order chi connectivity index (χ0) is 13.3. The minimum absolute atomic E-state index is 0.0426. The maximum atomic E-state index is 12.3. The molecule has 0 bridgehead atoms. The molecule has 0 aliphatic rings. The minimum atomic E-state index is -4.34. The molecule has 1 aromatic rings. The van der Waals surface area contributed by atoms with Gasteiger partial charge >= 0.3 is 6.18 Å². The van der Waals surface area contributed by atoms with Crippen LogP contribution in [0.5, 0.6) is 0 Å². The van der Waals surface area contributed by atoms with Crippen LogP contribution in [0.15, 0.2) is 6.20 Å². The molecule has 0 fully saturated rings. The summed E-state index contributed by atoms with van der Waals surface area (Å²) in [4.78, 5) is 4.01. The molecule has 17 heavy (non-hydrogen) atoms. The second-order valence-electron chi connectivity index (χ2n) is 5.00. The normalized spacial score (nSPS) is 15.0. The molecule has 1 rings (SSSR count). The van der Waals surface area contributed by atoms with Crippen LogP contribution in [0, 0.1) is 5.41 Å². The van der Waals surface area contributed by atoms with Crippen LogP contribution in [0.25, 0.3) is 0 Å². The Morgan fingerprint density at radius 1 is 1.35 bits per heavy atom. The van der Waals surface area contributed by atoms with Crippen LogP contribution < -0.4 is 0 Å². The van der Waals surface area contributed by atoms with Crippen molar-refractivity contribution in [2.24, 2.45) is 5.41 Å². The van der Waals surface area contributed by atoms with Gasteiger partial charge in [-0.3, -0.25) is 0 Å². The van der Waals surface area contributed by atoms with Gasteiger partial charge in [0.2, 0.25) is 0 Å². The number of nitrogens with zero attached hydrogens (tertiary/aromatic N) is 1. The maximum absolute atomic E-state index is 12.3. The molecule has 1 heterocycles. The summed E-state index contributed by atoms with van der Waals surface area (Å²) in [7, 11) is 0. The molecule has 0 aliphatic heterocycles. The summed E-state index contributed by atoms with van der Waals surface area (Å²) in [6.45, 7) is 6.04.